The lowest BCUT2D eigenvalue weighted by Crippen LogP contribution is -2.20. The third kappa shape index (κ3) is 4.49. The summed E-state index contributed by atoms with van der Waals surface area (Å²) in [6.07, 6.45) is 4.50. The Kier molecular flexibility index (Phi) is 6.49. The molecule has 0 spiro atoms. The van der Waals surface area contributed by atoms with Crippen molar-refractivity contribution in [2.75, 3.05) is 19.5 Å². The highest BCUT2D eigenvalue weighted by Crippen LogP contribution is 2.37. The van der Waals surface area contributed by atoms with Crippen LogP contribution in [0.4, 0.5) is 5.82 Å². The number of rotatable bonds is 6. The van der Waals surface area contributed by atoms with E-state index in [2.05, 4.69) is 5.32 Å². The Balaban J connectivity index is 1.89. The summed E-state index contributed by atoms with van der Waals surface area (Å²) in [5.41, 5.74) is 2.92. The number of nitrogens with one attached hydrogen (secondary N) is 1. The molecule has 0 bridgehead atoms. The lowest BCUT2D eigenvalue weighted by atomic mass is 9.93. The molecular weight excluding hydrogens is 420 g/mol. The zero-order valence-corrected chi connectivity index (χ0v) is 19.1. The molecule has 3 aromatic rings. The predicted molar refractivity (Wildman–Crippen MR) is 127 cm³/mol. The molecule has 1 fully saturated rings. The molecule has 172 valence electrons. The summed E-state index contributed by atoms with van der Waals surface area (Å²) in [5.74, 6) is 0.597. The number of carbonyl (C=O) groups excluding carboxylic acids is 2. The van der Waals surface area contributed by atoms with Crippen molar-refractivity contribution < 1.29 is 19.1 Å². The molecule has 1 amide bonds. The highest BCUT2D eigenvalue weighted by atomic mass is 16.5. The fourth-order valence-electron chi connectivity index (χ4n) is 4.78. The lowest BCUT2D eigenvalue weighted by molar-refractivity contribution is -0.114. The molecule has 4 rings (SSSR count). The molecule has 0 radical (unpaired) electrons. The average Bonchev–Trinajstić information content (AvgIpc) is 3.35. The molecule has 2 aromatic carbocycles. The van der Waals surface area contributed by atoms with E-state index < -0.39 is 5.97 Å². The summed E-state index contributed by atoms with van der Waals surface area (Å²) in [6.45, 7) is 1.75. The predicted octanol–water partition coefficient (Wildman–Crippen LogP) is 4.46. The molecule has 0 saturated heterocycles. The fourth-order valence-corrected chi connectivity index (χ4v) is 4.78. The van der Waals surface area contributed by atoms with E-state index in [1.54, 1.807) is 18.2 Å². The molecule has 1 aliphatic carbocycles. The summed E-state index contributed by atoms with van der Waals surface area (Å²) in [7, 11) is 2.87. The molecule has 1 heterocycles. The highest BCUT2D eigenvalue weighted by molar-refractivity contribution is 5.92. The van der Waals surface area contributed by atoms with Crippen molar-refractivity contribution in [3.05, 3.63) is 69.4 Å². The van der Waals surface area contributed by atoms with Crippen molar-refractivity contribution in [2.45, 2.75) is 45.1 Å². The van der Waals surface area contributed by atoms with Crippen molar-refractivity contribution in [1.29, 1.82) is 0 Å². The molecule has 33 heavy (non-hydrogen) atoms. The highest BCUT2D eigenvalue weighted by Gasteiger charge is 2.22. The molecule has 7 nitrogen and oxygen atoms in total. The quantitative estimate of drug-likeness (QED) is 0.563. The van der Waals surface area contributed by atoms with Crippen LogP contribution >= 0.6 is 0 Å². The van der Waals surface area contributed by atoms with Gasteiger partial charge in [-0.15, -0.1) is 0 Å². The zero-order chi connectivity index (χ0) is 23.5. The van der Waals surface area contributed by atoms with E-state index in [1.807, 2.05) is 22.8 Å². The Morgan fingerprint density at radius 3 is 2.52 bits per heavy atom. The third-order valence-corrected chi connectivity index (χ3v) is 6.31. The van der Waals surface area contributed by atoms with Gasteiger partial charge in [-0.1, -0.05) is 31.0 Å². The number of benzene rings is 2. The summed E-state index contributed by atoms with van der Waals surface area (Å²) < 4.78 is 12.3. The number of nitrogens with zero attached hydrogens (tertiary/aromatic N) is 1. The van der Waals surface area contributed by atoms with Crippen molar-refractivity contribution in [3.63, 3.8) is 0 Å². The number of anilines is 1. The number of aromatic nitrogens is 1. The SMILES string of the molecule is COC(=O)c1ccc(Cn2c(NC(C)=O)cc(=O)c3c(C4CCCC4)cccc32)c(OC)c1. The Labute approximate surface area is 192 Å². The first-order chi connectivity index (χ1) is 15.9. The summed E-state index contributed by atoms with van der Waals surface area (Å²) >= 11 is 0. The molecule has 0 atom stereocenters. The molecular formula is C26H28N2O5. The van der Waals surface area contributed by atoms with Gasteiger partial charge in [-0.3, -0.25) is 9.59 Å². The maximum atomic E-state index is 13.2. The normalized spacial score (nSPS) is 13.8. The average molecular weight is 449 g/mol. The second-order valence-corrected chi connectivity index (χ2v) is 8.40. The van der Waals surface area contributed by atoms with Gasteiger partial charge in [0, 0.05) is 23.9 Å². The number of fused-ring (bicyclic) bond motifs is 1. The maximum Gasteiger partial charge on any atom is 0.337 e. The van der Waals surface area contributed by atoms with E-state index in [9.17, 15) is 14.4 Å². The standard InChI is InChI=1S/C26H28N2O5/c1-16(29)27-24-14-22(30)25-20(17-7-4-5-8-17)9-6-10-21(25)28(24)15-19-12-11-18(26(31)33-3)13-23(19)32-2/h6,9-14,17H,4-5,7-8,15H2,1-3H3,(H,27,29). The van der Waals surface area contributed by atoms with Crippen molar-refractivity contribution in [2.24, 2.45) is 0 Å². The number of carbonyl (C=O) groups is 2. The van der Waals surface area contributed by atoms with Gasteiger partial charge in [0.05, 0.1) is 31.8 Å². The molecule has 1 aliphatic rings. The van der Waals surface area contributed by atoms with Gasteiger partial charge >= 0.3 is 5.97 Å². The van der Waals surface area contributed by atoms with E-state index >= 15 is 0 Å². The molecule has 1 aromatic heterocycles. The summed E-state index contributed by atoms with van der Waals surface area (Å²) in [4.78, 5) is 37.0. The number of esters is 1. The van der Waals surface area contributed by atoms with Crippen molar-refractivity contribution in [1.82, 2.24) is 4.57 Å². The van der Waals surface area contributed by atoms with Gasteiger partial charge in [0.1, 0.15) is 11.6 Å². The minimum Gasteiger partial charge on any atom is -0.496 e. The van der Waals surface area contributed by atoms with Crippen LogP contribution in [0, 0.1) is 0 Å². The van der Waals surface area contributed by atoms with Gasteiger partial charge in [-0.25, -0.2) is 4.79 Å². The first kappa shape index (κ1) is 22.6. The van der Waals surface area contributed by atoms with Gasteiger partial charge in [-0.2, -0.15) is 0 Å². The molecule has 0 aliphatic heterocycles. The van der Waals surface area contributed by atoms with E-state index in [1.165, 1.54) is 40.1 Å². The van der Waals surface area contributed by atoms with Crippen LogP contribution in [0.3, 0.4) is 0 Å². The third-order valence-electron chi connectivity index (χ3n) is 6.31. The van der Waals surface area contributed by atoms with Crippen LogP contribution in [0.2, 0.25) is 0 Å². The number of pyridine rings is 1. The number of hydrogen-bond donors (Lipinski definition) is 1. The number of amides is 1. The van der Waals surface area contributed by atoms with Gasteiger partial charge in [0.25, 0.3) is 0 Å². The zero-order valence-electron chi connectivity index (χ0n) is 19.1. The fraction of sp³-hybridized carbons (Fsp3) is 0.346. The maximum absolute atomic E-state index is 13.2. The molecule has 7 heteroatoms. The largest absolute Gasteiger partial charge is 0.496 e. The van der Waals surface area contributed by atoms with Crippen LogP contribution in [0.15, 0.2) is 47.3 Å². The van der Waals surface area contributed by atoms with Crippen LogP contribution in [-0.4, -0.2) is 30.7 Å². The second kappa shape index (κ2) is 9.48. The van der Waals surface area contributed by atoms with Gasteiger partial charge in [0.2, 0.25) is 5.91 Å². The molecule has 1 saturated carbocycles. The van der Waals surface area contributed by atoms with Crippen LogP contribution in [0.1, 0.15) is 60.0 Å². The van der Waals surface area contributed by atoms with Gasteiger partial charge in [-0.05, 0) is 42.5 Å². The van der Waals surface area contributed by atoms with E-state index in [-0.39, 0.29) is 11.3 Å². The minimum atomic E-state index is -0.450. The van der Waals surface area contributed by atoms with E-state index in [0.29, 0.717) is 35.0 Å². The minimum absolute atomic E-state index is 0.0968. The van der Waals surface area contributed by atoms with Crippen LogP contribution in [0.5, 0.6) is 5.75 Å². The number of methoxy groups -OCH3 is 2. The second-order valence-electron chi connectivity index (χ2n) is 8.40. The van der Waals surface area contributed by atoms with Crippen molar-refractivity contribution in [3.8, 4) is 5.75 Å². The monoisotopic (exact) mass is 448 g/mol. The molecule has 1 N–H and O–H groups in total. The Bertz CT molecular complexity index is 1270. The van der Waals surface area contributed by atoms with E-state index in [0.717, 1.165) is 29.5 Å². The summed E-state index contributed by atoms with van der Waals surface area (Å²) in [5, 5.41) is 3.50. The number of hydrogen-bond acceptors (Lipinski definition) is 5. The van der Waals surface area contributed by atoms with Gasteiger partial charge in [0.15, 0.2) is 5.43 Å². The summed E-state index contributed by atoms with van der Waals surface area (Å²) in [6, 6.07) is 12.5. The van der Waals surface area contributed by atoms with Crippen LogP contribution < -0.4 is 15.5 Å². The Hall–Kier alpha value is -3.61. The van der Waals surface area contributed by atoms with Crippen LogP contribution in [0.25, 0.3) is 10.9 Å². The Morgan fingerprint density at radius 2 is 1.85 bits per heavy atom. The smallest absolute Gasteiger partial charge is 0.337 e. The lowest BCUT2D eigenvalue weighted by Gasteiger charge is -2.21. The Morgan fingerprint density at radius 1 is 1.09 bits per heavy atom. The topological polar surface area (TPSA) is 86.6 Å². The molecule has 0 unspecified atom stereocenters. The van der Waals surface area contributed by atoms with Crippen molar-refractivity contribution >= 4 is 28.6 Å². The van der Waals surface area contributed by atoms with E-state index in [4.69, 9.17) is 9.47 Å². The first-order valence-corrected chi connectivity index (χ1v) is 11.1. The number of ether oxygens (including phenoxy) is 2. The van der Waals surface area contributed by atoms with Crippen LogP contribution in [-0.2, 0) is 16.1 Å². The van der Waals surface area contributed by atoms with Gasteiger partial charge < -0.3 is 19.4 Å². The first-order valence-electron chi connectivity index (χ1n) is 11.1.